The van der Waals surface area contributed by atoms with E-state index in [0.29, 0.717) is 18.2 Å². The van der Waals surface area contributed by atoms with Crippen LogP contribution in [0.3, 0.4) is 0 Å². The van der Waals surface area contributed by atoms with Crippen LogP contribution in [0.1, 0.15) is 54.5 Å². The van der Waals surface area contributed by atoms with Crippen LogP contribution >= 0.6 is 0 Å². The Labute approximate surface area is 273 Å². The van der Waals surface area contributed by atoms with Gasteiger partial charge in [0.2, 0.25) is 11.7 Å². The molecule has 47 heavy (non-hydrogen) atoms. The number of benzene rings is 2. The molecule has 1 heterocycles. The van der Waals surface area contributed by atoms with Gasteiger partial charge in [0.05, 0.1) is 31.1 Å². The molecule has 2 aromatic carbocycles. The number of aliphatic carboxylic acids is 1. The molecule has 0 aromatic heterocycles. The van der Waals surface area contributed by atoms with Crippen molar-refractivity contribution in [2.75, 3.05) is 38.2 Å². The largest absolute Gasteiger partial charge is 0.482 e. The fourth-order valence-corrected chi connectivity index (χ4v) is 4.79. The normalized spacial score (nSPS) is 15.9. The number of hydrogen-bond donors (Lipinski definition) is 3. The minimum atomic E-state index is -1.69. The smallest absolute Gasteiger partial charge is 0.313 e. The predicted octanol–water partition coefficient (Wildman–Crippen LogP) is 4.34. The second-order valence-corrected chi connectivity index (χ2v) is 11.9. The Balaban J connectivity index is 0.00000600. The molecule has 1 saturated heterocycles. The number of carbonyl (C=O) groups excluding carboxylic acids is 4. The molecule has 14 heteroatoms. The number of anilines is 1. The highest BCUT2D eigenvalue weighted by molar-refractivity contribution is 6.39. The van der Waals surface area contributed by atoms with E-state index in [4.69, 9.17) is 9.47 Å². The highest BCUT2D eigenvalue weighted by Gasteiger charge is 2.34. The quantitative estimate of drug-likeness (QED) is 0.237. The highest BCUT2D eigenvalue weighted by Crippen LogP contribution is 2.30. The van der Waals surface area contributed by atoms with E-state index in [9.17, 15) is 42.3 Å². The number of carbonyl (C=O) groups is 5. The summed E-state index contributed by atoms with van der Waals surface area (Å²) in [4.78, 5) is 65.0. The molecule has 2 aromatic rings. The van der Waals surface area contributed by atoms with Crippen LogP contribution in [0.2, 0.25) is 0 Å². The van der Waals surface area contributed by atoms with E-state index in [-0.39, 0.29) is 34.6 Å². The lowest BCUT2D eigenvalue weighted by Crippen LogP contribution is -2.50. The number of carboxylic acids is 1. The molecule has 0 saturated carbocycles. The summed E-state index contributed by atoms with van der Waals surface area (Å²) in [5, 5.41) is 14.3. The first kappa shape index (κ1) is 36.7. The van der Waals surface area contributed by atoms with Crippen LogP contribution in [-0.2, 0) is 34.1 Å². The number of halogens is 3. The maximum atomic E-state index is 14.5. The van der Waals surface area contributed by atoms with Gasteiger partial charge >= 0.3 is 17.8 Å². The second-order valence-electron chi connectivity index (χ2n) is 11.9. The summed E-state index contributed by atoms with van der Waals surface area (Å²) in [6.45, 7) is 6.01. The van der Waals surface area contributed by atoms with Crippen molar-refractivity contribution in [1.29, 1.82) is 0 Å². The van der Waals surface area contributed by atoms with Crippen molar-refractivity contribution in [2.24, 2.45) is 5.92 Å². The van der Waals surface area contributed by atoms with Crippen molar-refractivity contribution in [3.05, 3.63) is 65.0 Å². The van der Waals surface area contributed by atoms with Crippen molar-refractivity contribution < 1.29 is 54.6 Å². The summed E-state index contributed by atoms with van der Waals surface area (Å²) >= 11 is 0. The first-order valence-electron chi connectivity index (χ1n) is 14.9. The minimum absolute atomic E-state index is 0. The van der Waals surface area contributed by atoms with Crippen molar-refractivity contribution in [3.63, 3.8) is 0 Å². The van der Waals surface area contributed by atoms with Crippen LogP contribution in [-0.4, -0.2) is 78.4 Å². The maximum Gasteiger partial charge on any atom is 0.313 e. The number of allylic oxidation sites excluding steroid dienone is 1. The molecule has 3 rings (SSSR count). The van der Waals surface area contributed by atoms with Gasteiger partial charge in [0.25, 0.3) is 0 Å². The number of carboxylic acid groups (broad SMARTS) is 1. The van der Waals surface area contributed by atoms with Gasteiger partial charge < -0.3 is 30.1 Å². The van der Waals surface area contributed by atoms with E-state index in [1.165, 1.54) is 6.08 Å². The molecule has 0 aliphatic carbocycles. The van der Waals surface area contributed by atoms with Gasteiger partial charge in [-0.15, -0.1) is 0 Å². The fourth-order valence-electron chi connectivity index (χ4n) is 4.79. The number of ketones is 1. The number of Topliss-reactive ketones (excluding diaryl/α,β-unsaturated/α-hetero) is 1. The summed E-state index contributed by atoms with van der Waals surface area (Å²) in [5.41, 5.74) is 0.459. The van der Waals surface area contributed by atoms with Crippen LogP contribution in [0.15, 0.2) is 36.4 Å². The van der Waals surface area contributed by atoms with Crippen LogP contribution in [0.5, 0.6) is 5.75 Å². The van der Waals surface area contributed by atoms with E-state index in [1.807, 2.05) is 32.9 Å². The van der Waals surface area contributed by atoms with Crippen LogP contribution in [0.4, 0.5) is 18.9 Å². The van der Waals surface area contributed by atoms with Gasteiger partial charge in [-0.3, -0.25) is 24.0 Å². The van der Waals surface area contributed by atoms with Crippen molar-refractivity contribution in [3.8, 4) is 5.75 Å². The molecule has 0 bridgehead atoms. The van der Waals surface area contributed by atoms with Crippen LogP contribution in [0.25, 0.3) is 6.08 Å². The Morgan fingerprint density at radius 2 is 1.85 bits per heavy atom. The Morgan fingerprint density at radius 1 is 1.15 bits per heavy atom. The molecule has 0 radical (unpaired) electrons. The maximum absolute atomic E-state index is 14.5. The van der Waals surface area contributed by atoms with Gasteiger partial charge in [0.1, 0.15) is 18.5 Å². The van der Waals surface area contributed by atoms with Gasteiger partial charge in [-0.25, -0.2) is 8.78 Å². The molecule has 1 aliphatic heterocycles. The molecule has 11 nitrogen and oxygen atoms in total. The van der Waals surface area contributed by atoms with Crippen molar-refractivity contribution in [2.45, 2.75) is 52.0 Å². The van der Waals surface area contributed by atoms with Crippen molar-refractivity contribution >= 4 is 41.2 Å². The SMILES string of the molecule is CC/C=C/c1c(F)cc(F)c(F)c1OCC(=O)[C@H](CC(=O)O)NC(=O)[C@@H]1COCCN(C(=O)C(=O)Nc2ccccc2C(C)(C)C)C1.[HH].[HH]. The standard InChI is InChI=1S/C33H38F3N3O8.2H2/c1-5-6-9-20-22(34)14-23(35)28(36)29(20)47-18-26(40)25(15-27(41)42)38-30(43)19-16-39(12-13-46-17-19)32(45)31(44)37-24-11-8-7-10-21(24)33(2,3)4;;/h6-11,14,19,25H,5,12-13,15-18H2,1-4H3,(H,37,44)(H,38,43)(H,41,42);2*1H/b9-6+;;/t19-,25-;;/m0../s1. The van der Waals surface area contributed by atoms with Crippen molar-refractivity contribution in [1.82, 2.24) is 10.2 Å². The third-order valence-electron chi connectivity index (χ3n) is 7.23. The van der Waals surface area contributed by atoms with Gasteiger partial charge in [-0.2, -0.15) is 4.39 Å². The Kier molecular flexibility index (Phi) is 12.7. The lowest BCUT2D eigenvalue weighted by molar-refractivity contribution is -0.144. The summed E-state index contributed by atoms with van der Waals surface area (Å²) in [5.74, 6) is -11.5. The van der Waals surface area contributed by atoms with Gasteiger partial charge in [0.15, 0.2) is 17.3 Å². The lowest BCUT2D eigenvalue weighted by Gasteiger charge is -2.25. The minimum Gasteiger partial charge on any atom is -0.482 e. The number of ether oxygens (including phenoxy) is 2. The molecule has 3 N–H and O–H groups in total. The first-order valence-corrected chi connectivity index (χ1v) is 14.9. The lowest BCUT2D eigenvalue weighted by atomic mass is 9.86. The number of hydrogen-bond acceptors (Lipinski definition) is 7. The zero-order chi connectivity index (χ0) is 34.9. The number of nitrogens with zero attached hydrogens (tertiary/aromatic N) is 1. The molecule has 2 atom stereocenters. The second kappa shape index (κ2) is 16.2. The Bertz CT molecular complexity index is 1550. The number of amides is 3. The van der Waals surface area contributed by atoms with E-state index >= 15 is 0 Å². The van der Waals surface area contributed by atoms with Crippen LogP contribution < -0.4 is 15.4 Å². The monoisotopic (exact) mass is 665 g/mol. The first-order chi connectivity index (χ1) is 22.1. The zero-order valence-corrected chi connectivity index (χ0v) is 26.5. The molecule has 258 valence electrons. The summed E-state index contributed by atoms with van der Waals surface area (Å²) < 4.78 is 53.4. The molecular weight excluding hydrogens is 623 g/mol. The van der Waals surface area contributed by atoms with Gasteiger partial charge in [-0.05, 0) is 23.5 Å². The molecule has 0 spiro atoms. The number of para-hydroxylation sites is 1. The third-order valence-corrected chi connectivity index (χ3v) is 7.23. The average molecular weight is 666 g/mol. The summed E-state index contributed by atoms with van der Waals surface area (Å²) in [6.07, 6.45) is 2.13. The molecular formula is C33H42F3N3O8. The zero-order valence-electron chi connectivity index (χ0n) is 26.5. The molecule has 1 fully saturated rings. The number of nitrogens with one attached hydrogen (secondary N) is 2. The van der Waals surface area contributed by atoms with E-state index < -0.39 is 83.2 Å². The van der Waals surface area contributed by atoms with E-state index in [0.717, 1.165) is 16.5 Å². The summed E-state index contributed by atoms with van der Waals surface area (Å²) in [6, 6.07) is 5.65. The molecule has 3 amide bonds. The molecule has 0 unspecified atom stereocenters. The fraction of sp³-hybridized carbons (Fsp3) is 0.424. The predicted molar refractivity (Wildman–Crippen MR) is 169 cm³/mol. The Hall–Kier alpha value is -4.72. The highest BCUT2D eigenvalue weighted by atomic mass is 19.2. The van der Waals surface area contributed by atoms with Gasteiger partial charge in [0, 0.05) is 27.7 Å². The molecule has 1 aliphatic rings. The van der Waals surface area contributed by atoms with E-state index in [2.05, 4.69) is 10.6 Å². The van der Waals surface area contributed by atoms with Crippen LogP contribution in [0, 0.1) is 23.4 Å². The summed E-state index contributed by atoms with van der Waals surface area (Å²) in [7, 11) is 0. The number of rotatable bonds is 11. The average Bonchev–Trinajstić information content (AvgIpc) is 3.27. The third kappa shape index (κ3) is 9.88. The topological polar surface area (TPSA) is 151 Å². The Morgan fingerprint density at radius 3 is 2.51 bits per heavy atom. The van der Waals surface area contributed by atoms with Gasteiger partial charge in [-0.1, -0.05) is 58.0 Å². The van der Waals surface area contributed by atoms with E-state index in [1.54, 1.807) is 19.1 Å².